The van der Waals surface area contributed by atoms with Crippen molar-refractivity contribution in [3.63, 3.8) is 0 Å². The predicted octanol–water partition coefficient (Wildman–Crippen LogP) is 6.00. The fourth-order valence-electron chi connectivity index (χ4n) is 4.15. The van der Waals surface area contributed by atoms with Crippen LogP contribution in [0.2, 0.25) is 0 Å². The number of hydrogen-bond donors (Lipinski definition) is 2. The summed E-state index contributed by atoms with van der Waals surface area (Å²) in [6.45, 7) is 9.73. The standard InChI is InChI=1S/C26H29BrN6O2/c1-26(2,3)35-25(34)31-20-10-7-16-14-18(8-9-19(16)20)33(15-17-6-5-13-30-23(17)28)24-21(29-4)11-12-22(27)32-24/h5-6,8-9,11-14,20H,4,7,10,15H2,1-3H3,(H2,28,30)(H,31,34). The van der Waals surface area contributed by atoms with E-state index in [1.807, 2.05) is 51.1 Å². The highest BCUT2D eigenvalue weighted by Gasteiger charge is 2.28. The van der Waals surface area contributed by atoms with Gasteiger partial charge in [-0.15, -0.1) is 0 Å². The third-order valence-corrected chi connectivity index (χ3v) is 6.15. The molecule has 182 valence electrons. The molecule has 0 saturated heterocycles. The Hall–Kier alpha value is -3.46. The average Bonchev–Trinajstić information content (AvgIpc) is 3.19. The van der Waals surface area contributed by atoms with Crippen molar-refractivity contribution >= 4 is 51.8 Å². The molecule has 3 aromatic rings. The Morgan fingerprint density at radius 2 is 2.11 bits per heavy atom. The fraction of sp³-hybridized carbons (Fsp3) is 0.308. The molecule has 1 aromatic carbocycles. The zero-order valence-corrected chi connectivity index (χ0v) is 21.7. The summed E-state index contributed by atoms with van der Waals surface area (Å²) in [4.78, 5) is 27.5. The third kappa shape index (κ3) is 5.79. The first-order chi connectivity index (χ1) is 16.6. The number of hydrogen-bond acceptors (Lipinski definition) is 7. The first-order valence-corrected chi connectivity index (χ1v) is 12.2. The first-order valence-electron chi connectivity index (χ1n) is 11.4. The van der Waals surface area contributed by atoms with Crippen LogP contribution in [0.15, 0.2) is 58.3 Å². The molecule has 0 spiro atoms. The van der Waals surface area contributed by atoms with Gasteiger partial charge in [0.1, 0.15) is 21.7 Å². The molecule has 1 atom stereocenters. The minimum absolute atomic E-state index is 0.0919. The average molecular weight is 537 g/mol. The highest BCUT2D eigenvalue weighted by molar-refractivity contribution is 9.10. The maximum atomic E-state index is 12.3. The predicted molar refractivity (Wildman–Crippen MR) is 143 cm³/mol. The number of nitrogens with one attached hydrogen (secondary N) is 1. The van der Waals surface area contributed by atoms with E-state index in [0.717, 1.165) is 35.2 Å². The van der Waals surface area contributed by atoms with Gasteiger partial charge in [-0.05, 0) is 97.7 Å². The molecule has 1 aliphatic carbocycles. The van der Waals surface area contributed by atoms with Crippen molar-refractivity contribution in [2.45, 2.75) is 51.8 Å². The number of aryl methyl sites for hydroxylation is 1. The highest BCUT2D eigenvalue weighted by Crippen LogP contribution is 2.39. The number of fused-ring (bicyclic) bond motifs is 1. The van der Waals surface area contributed by atoms with Crippen LogP contribution >= 0.6 is 15.9 Å². The van der Waals surface area contributed by atoms with Crippen molar-refractivity contribution in [2.24, 2.45) is 4.99 Å². The molecular weight excluding hydrogens is 508 g/mol. The van der Waals surface area contributed by atoms with Gasteiger partial charge in [0.15, 0.2) is 5.82 Å². The summed E-state index contributed by atoms with van der Waals surface area (Å²) in [7, 11) is 0. The van der Waals surface area contributed by atoms with E-state index in [2.05, 4.69) is 55.0 Å². The molecule has 3 N–H and O–H groups in total. The number of anilines is 3. The second-order valence-electron chi connectivity index (χ2n) is 9.39. The number of ether oxygens (including phenoxy) is 1. The monoisotopic (exact) mass is 536 g/mol. The Morgan fingerprint density at radius 1 is 1.31 bits per heavy atom. The summed E-state index contributed by atoms with van der Waals surface area (Å²) >= 11 is 3.48. The van der Waals surface area contributed by atoms with E-state index in [-0.39, 0.29) is 6.04 Å². The number of benzene rings is 1. The zero-order chi connectivity index (χ0) is 25.2. The summed E-state index contributed by atoms with van der Waals surface area (Å²) in [5, 5.41) is 3.00. The maximum Gasteiger partial charge on any atom is 0.408 e. The Balaban J connectivity index is 1.69. The molecule has 9 heteroatoms. The Morgan fingerprint density at radius 3 is 2.83 bits per heavy atom. The number of nitrogens with zero attached hydrogens (tertiary/aromatic N) is 4. The number of carbonyl (C=O) groups excluding carboxylic acids is 1. The van der Waals surface area contributed by atoms with E-state index in [1.165, 1.54) is 0 Å². The minimum atomic E-state index is -0.544. The van der Waals surface area contributed by atoms with Gasteiger partial charge in [-0.1, -0.05) is 12.1 Å². The topological polar surface area (TPSA) is 106 Å². The van der Waals surface area contributed by atoms with Crippen LogP contribution < -0.4 is 16.0 Å². The van der Waals surface area contributed by atoms with Crippen LogP contribution in [0, 0.1) is 0 Å². The van der Waals surface area contributed by atoms with Gasteiger partial charge >= 0.3 is 6.09 Å². The van der Waals surface area contributed by atoms with Crippen molar-refractivity contribution in [3.05, 3.63) is 70.0 Å². The van der Waals surface area contributed by atoms with E-state index in [4.69, 9.17) is 15.5 Å². The molecule has 35 heavy (non-hydrogen) atoms. The van der Waals surface area contributed by atoms with Crippen LogP contribution in [-0.2, 0) is 17.7 Å². The normalized spacial score (nSPS) is 14.8. The molecular formula is C26H29BrN6O2. The van der Waals surface area contributed by atoms with Crippen molar-refractivity contribution in [2.75, 3.05) is 10.6 Å². The molecule has 0 fully saturated rings. The molecule has 1 aliphatic rings. The number of nitrogen functional groups attached to an aromatic ring is 1. The van der Waals surface area contributed by atoms with Crippen LogP contribution in [0.25, 0.3) is 0 Å². The van der Waals surface area contributed by atoms with Crippen molar-refractivity contribution in [1.29, 1.82) is 0 Å². The molecule has 0 aliphatic heterocycles. The minimum Gasteiger partial charge on any atom is -0.444 e. The summed E-state index contributed by atoms with van der Waals surface area (Å²) in [5.41, 5.74) is 10.3. The van der Waals surface area contributed by atoms with Gasteiger partial charge in [0, 0.05) is 17.4 Å². The lowest BCUT2D eigenvalue weighted by molar-refractivity contribution is 0.0503. The van der Waals surface area contributed by atoms with Gasteiger partial charge in [0.25, 0.3) is 0 Å². The van der Waals surface area contributed by atoms with Crippen molar-refractivity contribution in [3.8, 4) is 0 Å². The molecule has 0 radical (unpaired) electrons. The van der Waals surface area contributed by atoms with Gasteiger partial charge < -0.3 is 20.7 Å². The van der Waals surface area contributed by atoms with Crippen LogP contribution in [-0.4, -0.2) is 28.4 Å². The number of carbonyl (C=O) groups is 1. The van der Waals surface area contributed by atoms with E-state index in [0.29, 0.717) is 28.5 Å². The number of alkyl carbamates (subject to hydrolysis) is 1. The van der Waals surface area contributed by atoms with Gasteiger partial charge in [0.05, 0.1) is 12.6 Å². The first kappa shape index (κ1) is 24.7. The molecule has 4 rings (SSSR count). The molecule has 0 bridgehead atoms. The summed E-state index contributed by atoms with van der Waals surface area (Å²) in [6, 6.07) is 13.6. The van der Waals surface area contributed by atoms with Crippen LogP contribution in [0.3, 0.4) is 0 Å². The SMILES string of the molecule is C=Nc1ccc(Br)nc1N(Cc1cccnc1N)c1ccc2c(c1)CCC2NC(=O)OC(C)(C)C. The van der Waals surface area contributed by atoms with Gasteiger partial charge in [-0.25, -0.2) is 14.8 Å². The highest BCUT2D eigenvalue weighted by atomic mass is 79.9. The Kier molecular flexibility index (Phi) is 7.07. The fourth-order valence-corrected chi connectivity index (χ4v) is 4.46. The molecule has 2 aromatic heterocycles. The van der Waals surface area contributed by atoms with E-state index >= 15 is 0 Å². The Labute approximate surface area is 213 Å². The third-order valence-electron chi connectivity index (χ3n) is 5.71. The summed E-state index contributed by atoms with van der Waals surface area (Å²) in [5.74, 6) is 1.11. The molecule has 1 amide bonds. The molecule has 1 unspecified atom stereocenters. The van der Waals surface area contributed by atoms with Gasteiger partial charge in [0.2, 0.25) is 0 Å². The van der Waals surface area contributed by atoms with Gasteiger partial charge in [-0.2, -0.15) is 0 Å². The molecule has 2 heterocycles. The smallest absolute Gasteiger partial charge is 0.408 e. The number of aliphatic imine (C=N–C) groups is 1. The quantitative estimate of drug-likeness (QED) is 0.295. The molecule has 8 nitrogen and oxygen atoms in total. The maximum absolute atomic E-state index is 12.3. The van der Waals surface area contributed by atoms with E-state index < -0.39 is 11.7 Å². The number of nitrogens with two attached hydrogens (primary N) is 1. The number of aromatic nitrogens is 2. The van der Waals surface area contributed by atoms with E-state index in [1.54, 1.807) is 6.20 Å². The van der Waals surface area contributed by atoms with Crippen LogP contribution in [0.5, 0.6) is 0 Å². The lowest BCUT2D eigenvalue weighted by atomic mass is 10.1. The lowest BCUT2D eigenvalue weighted by Crippen LogP contribution is -2.34. The van der Waals surface area contributed by atoms with Gasteiger partial charge in [-0.3, -0.25) is 4.99 Å². The number of rotatable bonds is 6. The summed E-state index contributed by atoms with van der Waals surface area (Å²) in [6.07, 6.45) is 2.91. The van der Waals surface area contributed by atoms with Crippen molar-refractivity contribution < 1.29 is 9.53 Å². The lowest BCUT2D eigenvalue weighted by Gasteiger charge is -2.27. The number of pyridine rings is 2. The largest absolute Gasteiger partial charge is 0.444 e. The number of halogens is 1. The Bertz CT molecular complexity index is 1260. The number of amides is 1. The second-order valence-corrected chi connectivity index (χ2v) is 10.2. The second kappa shape index (κ2) is 10.0. The zero-order valence-electron chi connectivity index (χ0n) is 20.1. The van der Waals surface area contributed by atoms with Crippen LogP contribution in [0.4, 0.5) is 27.8 Å². The van der Waals surface area contributed by atoms with Crippen molar-refractivity contribution in [1.82, 2.24) is 15.3 Å². The summed E-state index contributed by atoms with van der Waals surface area (Å²) < 4.78 is 6.13. The molecule has 0 saturated carbocycles. The van der Waals surface area contributed by atoms with Crippen LogP contribution in [0.1, 0.15) is 49.9 Å². The van der Waals surface area contributed by atoms with E-state index in [9.17, 15) is 4.79 Å².